The summed E-state index contributed by atoms with van der Waals surface area (Å²) in [6.07, 6.45) is 0. The van der Waals surface area contributed by atoms with Crippen molar-refractivity contribution in [1.82, 2.24) is 0 Å². The molecule has 3 nitrogen and oxygen atoms in total. The van der Waals surface area contributed by atoms with Crippen LogP contribution < -0.4 is 29.6 Å². The summed E-state index contributed by atoms with van der Waals surface area (Å²) in [4.78, 5) is 7.50. The molecule has 4 heteroatoms. The fourth-order valence-corrected chi connectivity index (χ4v) is 0. The zero-order chi connectivity index (χ0) is 4.00. The van der Waals surface area contributed by atoms with E-state index < -0.39 is 0 Å². The Hall–Kier alpha value is 0.0900. The van der Waals surface area contributed by atoms with Crippen LogP contribution in [0.1, 0.15) is 0 Å². The number of nitrogens with zero attached hydrogens (tertiary/aromatic N) is 1. The number of nitroso groups, excluding NO2 is 1. The Morgan fingerprint density at radius 2 is 1.40 bits per heavy atom. The maximum atomic E-state index is 7.50. The van der Waals surface area contributed by atoms with E-state index in [0.717, 1.165) is 0 Å². The molecule has 0 aromatic carbocycles. The summed E-state index contributed by atoms with van der Waals surface area (Å²) in [6.45, 7) is 4.75. The molecule has 0 unspecified atom stereocenters. The van der Waals surface area contributed by atoms with Crippen LogP contribution in [-0.2, 0) is 0 Å². The van der Waals surface area contributed by atoms with Crippen molar-refractivity contribution in [3.05, 3.63) is 11.5 Å². The molecule has 0 heterocycles. The minimum absolute atomic E-state index is 0. The molecule has 0 aromatic heterocycles. The molecule has 0 saturated carbocycles. The van der Waals surface area contributed by atoms with Crippen LogP contribution in [0, 0.1) is 22.3 Å². The summed E-state index contributed by atoms with van der Waals surface area (Å²) in [5, 5.41) is 6.25. The Morgan fingerprint density at radius 1 is 1.40 bits per heavy atom. The van der Waals surface area contributed by atoms with Gasteiger partial charge in [-0.2, -0.15) is 4.91 Å². The number of hydrogen-bond donors (Lipinski definition) is 1. The molecule has 0 aliphatic rings. The third-order valence-electron chi connectivity index (χ3n) is 0. The molecule has 0 atom stereocenters. The quantitative estimate of drug-likeness (QED) is 0.197. The van der Waals surface area contributed by atoms with Crippen LogP contribution in [0.2, 0.25) is 0 Å². The first kappa shape index (κ1) is 19.5. The SMILES string of the molecule is N=O.[C-]#N.[Na+]. The molecule has 0 fully saturated rings. The molecule has 0 rings (SSSR count). The second-order valence-corrected chi connectivity index (χ2v) is 0. The van der Waals surface area contributed by atoms with E-state index in [2.05, 4.69) is 5.59 Å². The second-order valence-electron chi connectivity index (χ2n) is 0. The van der Waals surface area contributed by atoms with Crippen molar-refractivity contribution in [2.45, 2.75) is 0 Å². The van der Waals surface area contributed by atoms with E-state index in [0.29, 0.717) is 0 Å². The van der Waals surface area contributed by atoms with E-state index in [9.17, 15) is 0 Å². The van der Waals surface area contributed by atoms with Gasteiger partial charge < -0.3 is 11.8 Å². The minimum Gasteiger partial charge on any atom is -0.512 e. The molecule has 0 spiro atoms. The summed E-state index contributed by atoms with van der Waals surface area (Å²) >= 11 is 0. The van der Waals surface area contributed by atoms with E-state index in [-0.39, 0.29) is 29.6 Å². The standard InChI is InChI=1S/CN.HNO.Na/c2*1-2;/h;1H;/q-1;;+1. The maximum absolute atomic E-state index is 7.50. The summed E-state index contributed by atoms with van der Waals surface area (Å²) in [5.41, 5.74) is 4.50. The van der Waals surface area contributed by atoms with Gasteiger partial charge in [0.05, 0.1) is 0 Å². The van der Waals surface area contributed by atoms with Crippen molar-refractivity contribution in [3.8, 4) is 0 Å². The fraction of sp³-hybridized carbons (Fsp3) is 0. The molecule has 0 radical (unpaired) electrons. The third-order valence-corrected chi connectivity index (χ3v) is 0. The van der Waals surface area contributed by atoms with E-state index >= 15 is 0 Å². The smallest absolute Gasteiger partial charge is 0.512 e. The Labute approximate surface area is 52.0 Å². The second kappa shape index (κ2) is 4820. The van der Waals surface area contributed by atoms with E-state index in [1.165, 1.54) is 0 Å². The van der Waals surface area contributed by atoms with E-state index in [4.69, 9.17) is 16.7 Å². The van der Waals surface area contributed by atoms with Gasteiger partial charge in [0.1, 0.15) is 0 Å². The normalized spacial score (nSPS) is 1.20. The van der Waals surface area contributed by atoms with Crippen molar-refractivity contribution in [2.24, 2.45) is 0 Å². The molecule has 0 amide bonds. The zero-order valence-corrected chi connectivity index (χ0v) is 4.86. The van der Waals surface area contributed by atoms with Gasteiger partial charge in [0, 0.05) is 0 Å². The first-order chi connectivity index (χ1) is 2.00. The van der Waals surface area contributed by atoms with Gasteiger partial charge in [-0.1, -0.05) is 5.59 Å². The average molecular weight is 80.0 g/mol. The van der Waals surface area contributed by atoms with Crippen LogP contribution in [0.15, 0.2) is 0 Å². The van der Waals surface area contributed by atoms with Gasteiger partial charge in [0.25, 0.3) is 0 Å². The van der Waals surface area contributed by atoms with Crippen LogP contribution in [0.25, 0.3) is 0 Å². The minimum atomic E-state index is 0. The summed E-state index contributed by atoms with van der Waals surface area (Å²) in [6, 6.07) is 0. The molecule has 0 aromatic rings. The first-order valence-corrected chi connectivity index (χ1v) is 0.428. The first-order valence-electron chi connectivity index (χ1n) is 0.428. The third kappa shape index (κ3) is 2210. The number of nitrogens with one attached hydrogen (secondary N) is 1. The van der Waals surface area contributed by atoms with E-state index in [1.807, 2.05) is 0 Å². The van der Waals surface area contributed by atoms with Crippen molar-refractivity contribution < 1.29 is 29.6 Å². The molecule has 0 bridgehead atoms. The molecule has 0 saturated heterocycles. The van der Waals surface area contributed by atoms with Crippen LogP contribution in [0.4, 0.5) is 0 Å². The summed E-state index contributed by atoms with van der Waals surface area (Å²) in [7, 11) is 0. The average Bonchev–Trinajstić information content (AvgIpc) is 1.50. The predicted octanol–water partition coefficient (Wildman–Crippen LogP) is -2.57. The number of rotatable bonds is 0. The van der Waals surface area contributed by atoms with Crippen molar-refractivity contribution in [3.63, 3.8) is 0 Å². The topological polar surface area (TPSA) is 64.7 Å². The Kier molecular flexibility index (Phi) is 18800. The molecule has 22 valence electrons. The zero-order valence-electron chi connectivity index (χ0n) is 2.86. The monoisotopic (exact) mass is 80.0 g/mol. The van der Waals surface area contributed by atoms with Crippen LogP contribution in [0.3, 0.4) is 0 Å². The Morgan fingerprint density at radius 3 is 1.40 bits per heavy atom. The van der Waals surface area contributed by atoms with Gasteiger partial charge >= 0.3 is 29.6 Å². The molecule has 5 heavy (non-hydrogen) atoms. The fourth-order valence-electron chi connectivity index (χ4n) is 0. The number of hydrogen-bond acceptors (Lipinski definition) is 3. The summed E-state index contributed by atoms with van der Waals surface area (Å²) < 4.78 is 0. The Bertz CT molecular complexity index is 20.9. The van der Waals surface area contributed by atoms with E-state index in [1.54, 1.807) is 0 Å². The van der Waals surface area contributed by atoms with Crippen LogP contribution in [-0.4, -0.2) is 0 Å². The van der Waals surface area contributed by atoms with Crippen molar-refractivity contribution in [2.75, 3.05) is 0 Å². The van der Waals surface area contributed by atoms with Gasteiger partial charge in [-0.15, -0.1) is 0 Å². The largest absolute Gasteiger partial charge is 1.00 e. The van der Waals surface area contributed by atoms with Crippen LogP contribution >= 0.6 is 0 Å². The van der Waals surface area contributed by atoms with Gasteiger partial charge in [-0.3, -0.25) is 0 Å². The maximum Gasteiger partial charge on any atom is 1.00 e. The molecular formula is CHN2NaO. The van der Waals surface area contributed by atoms with Crippen molar-refractivity contribution >= 4 is 0 Å². The van der Waals surface area contributed by atoms with Gasteiger partial charge in [0.2, 0.25) is 0 Å². The van der Waals surface area contributed by atoms with Crippen molar-refractivity contribution in [1.29, 1.82) is 10.9 Å². The molecule has 0 aliphatic carbocycles. The van der Waals surface area contributed by atoms with Gasteiger partial charge in [0.15, 0.2) is 0 Å². The van der Waals surface area contributed by atoms with Crippen LogP contribution in [0.5, 0.6) is 0 Å². The molecule has 1 N–H and O–H groups in total. The summed E-state index contributed by atoms with van der Waals surface area (Å²) in [5.74, 6) is 0. The van der Waals surface area contributed by atoms with Gasteiger partial charge in [-0.25, -0.2) is 0 Å². The predicted molar refractivity (Wildman–Crippen MR) is 11.1 cm³/mol. The van der Waals surface area contributed by atoms with Gasteiger partial charge in [-0.05, 0) is 0 Å². The Balaban J connectivity index is -0.0000000133. The molecule has 0 aliphatic heterocycles. The molecular weight excluding hydrogens is 79.0 g/mol.